The summed E-state index contributed by atoms with van der Waals surface area (Å²) in [5.41, 5.74) is -2.02. The number of fused-ring (bicyclic) bond motifs is 1. The van der Waals surface area contributed by atoms with Gasteiger partial charge < -0.3 is 24.3 Å². The van der Waals surface area contributed by atoms with E-state index in [9.17, 15) is 18.0 Å². The Morgan fingerprint density at radius 1 is 1.00 bits per heavy atom. The van der Waals surface area contributed by atoms with E-state index in [0.29, 0.717) is 0 Å². The maximum atomic E-state index is 13.6. The van der Waals surface area contributed by atoms with Crippen LogP contribution in [0, 0.1) is 0 Å². The molecule has 0 spiro atoms. The number of hydrogen-bond acceptors (Lipinski definition) is 6. The van der Waals surface area contributed by atoms with Crippen molar-refractivity contribution in [1.82, 2.24) is 9.38 Å². The lowest BCUT2D eigenvalue weighted by atomic mass is 10.2. The largest absolute Gasteiger partial charge is 0.493 e. The summed E-state index contributed by atoms with van der Waals surface area (Å²) in [6.07, 6.45) is -3.57. The highest BCUT2D eigenvalue weighted by atomic mass is 19.4. The monoisotopic (exact) mass is 425 g/mol. The summed E-state index contributed by atoms with van der Waals surface area (Å²) in [5, 5.41) is 2.43. The van der Waals surface area contributed by atoms with Gasteiger partial charge in [0.15, 0.2) is 28.6 Å². The Balaban J connectivity index is 2.12. The SMILES string of the molecule is COc1cc(NC(=O)c2c(C(F)(F)F)nc3c(OC)cccn23)cc(OC)c1OC. The molecule has 3 aromatic rings. The number of benzene rings is 1. The fourth-order valence-corrected chi connectivity index (χ4v) is 2.96. The number of amides is 1. The van der Waals surface area contributed by atoms with E-state index in [1.165, 1.54) is 58.9 Å². The van der Waals surface area contributed by atoms with Crippen molar-refractivity contribution in [1.29, 1.82) is 0 Å². The zero-order chi connectivity index (χ0) is 22.1. The molecule has 0 radical (unpaired) electrons. The molecule has 0 unspecified atom stereocenters. The summed E-state index contributed by atoms with van der Waals surface area (Å²) in [6.45, 7) is 0. The predicted molar refractivity (Wildman–Crippen MR) is 101 cm³/mol. The summed E-state index contributed by atoms with van der Waals surface area (Å²) in [7, 11) is 5.45. The number of imidazole rings is 1. The summed E-state index contributed by atoms with van der Waals surface area (Å²) in [6, 6.07) is 5.69. The van der Waals surface area contributed by atoms with Crippen LogP contribution in [0.3, 0.4) is 0 Å². The lowest BCUT2D eigenvalue weighted by Crippen LogP contribution is -2.20. The van der Waals surface area contributed by atoms with Gasteiger partial charge in [-0.2, -0.15) is 13.2 Å². The smallest absolute Gasteiger partial charge is 0.435 e. The number of aromatic nitrogens is 2. The zero-order valence-corrected chi connectivity index (χ0v) is 16.5. The molecular formula is C19H18F3N3O5. The van der Waals surface area contributed by atoms with Gasteiger partial charge in [0.05, 0.1) is 28.4 Å². The second kappa shape index (κ2) is 8.01. The first-order chi connectivity index (χ1) is 14.2. The van der Waals surface area contributed by atoms with Crippen molar-refractivity contribution in [2.45, 2.75) is 6.18 Å². The Labute approximate surface area is 169 Å². The molecule has 0 bridgehead atoms. The molecule has 1 aromatic carbocycles. The molecule has 8 nitrogen and oxygen atoms in total. The predicted octanol–water partition coefficient (Wildman–Crippen LogP) is 3.64. The van der Waals surface area contributed by atoms with Crippen molar-refractivity contribution in [2.24, 2.45) is 0 Å². The average molecular weight is 425 g/mol. The molecule has 2 heterocycles. The topological polar surface area (TPSA) is 83.3 Å². The minimum absolute atomic E-state index is 0.0924. The molecule has 160 valence electrons. The highest BCUT2D eigenvalue weighted by Gasteiger charge is 2.40. The van der Waals surface area contributed by atoms with Gasteiger partial charge in [-0.25, -0.2) is 4.98 Å². The zero-order valence-electron chi connectivity index (χ0n) is 16.5. The fraction of sp³-hybridized carbons (Fsp3) is 0.263. The average Bonchev–Trinajstić information content (AvgIpc) is 3.13. The Kier molecular flexibility index (Phi) is 5.63. The molecule has 0 aliphatic rings. The standard InChI is InChI=1S/C19H18F3N3O5/c1-27-11-6-5-7-25-14(16(19(20,21)22)24-17(11)25)18(26)23-10-8-12(28-2)15(30-4)13(9-10)29-3/h5-9H,1-4H3,(H,23,26). The highest BCUT2D eigenvalue weighted by molar-refractivity contribution is 6.05. The van der Waals surface area contributed by atoms with Crippen molar-refractivity contribution >= 4 is 17.2 Å². The van der Waals surface area contributed by atoms with Gasteiger partial charge in [-0.05, 0) is 12.1 Å². The fourth-order valence-electron chi connectivity index (χ4n) is 2.96. The first-order valence-corrected chi connectivity index (χ1v) is 8.48. The number of carbonyl (C=O) groups is 1. The number of halogens is 3. The van der Waals surface area contributed by atoms with Gasteiger partial charge in [0.25, 0.3) is 5.91 Å². The normalized spacial score (nSPS) is 11.3. The second-order valence-corrected chi connectivity index (χ2v) is 5.95. The third-order valence-electron chi connectivity index (χ3n) is 4.24. The Hall–Kier alpha value is -3.63. The second-order valence-electron chi connectivity index (χ2n) is 5.95. The van der Waals surface area contributed by atoms with Crippen molar-refractivity contribution in [3.05, 3.63) is 41.9 Å². The van der Waals surface area contributed by atoms with E-state index in [4.69, 9.17) is 18.9 Å². The van der Waals surface area contributed by atoms with Crippen LogP contribution in [0.25, 0.3) is 5.65 Å². The molecule has 1 N–H and O–H groups in total. The molecule has 3 rings (SSSR count). The number of alkyl halides is 3. The molecule has 0 aliphatic carbocycles. The molecule has 1 amide bonds. The number of ether oxygens (including phenoxy) is 4. The van der Waals surface area contributed by atoms with Gasteiger partial charge in [0, 0.05) is 24.0 Å². The Morgan fingerprint density at radius 2 is 1.60 bits per heavy atom. The van der Waals surface area contributed by atoms with Crippen LogP contribution in [0.2, 0.25) is 0 Å². The third kappa shape index (κ3) is 3.65. The van der Waals surface area contributed by atoms with Crippen molar-refractivity contribution < 1.29 is 36.9 Å². The van der Waals surface area contributed by atoms with E-state index in [1.54, 1.807) is 0 Å². The maximum Gasteiger partial charge on any atom is 0.435 e. The third-order valence-corrected chi connectivity index (χ3v) is 4.24. The van der Waals surface area contributed by atoms with E-state index in [0.717, 1.165) is 4.40 Å². The quantitative estimate of drug-likeness (QED) is 0.649. The summed E-state index contributed by atoms with van der Waals surface area (Å²) < 4.78 is 62.5. The first kappa shape index (κ1) is 21.1. The number of nitrogens with one attached hydrogen (secondary N) is 1. The summed E-state index contributed by atoms with van der Waals surface area (Å²) in [4.78, 5) is 16.5. The van der Waals surface area contributed by atoms with E-state index >= 15 is 0 Å². The van der Waals surface area contributed by atoms with E-state index in [-0.39, 0.29) is 34.3 Å². The molecule has 0 fully saturated rings. The van der Waals surface area contributed by atoms with Gasteiger partial charge in [-0.1, -0.05) is 0 Å². The van der Waals surface area contributed by atoms with Crippen molar-refractivity contribution in [3.63, 3.8) is 0 Å². The minimum atomic E-state index is -4.86. The molecule has 0 aliphatic heterocycles. The van der Waals surface area contributed by atoms with Crippen molar-refractivity contribution in [3.8, 4) is 23.0 Å². The van der Waals surface area contributed by atoms with Crippen LogP contribution in [-0.4, -0.2) is 43.7 Å². The van der Waals surface area contributed by atoms with E-state index in [2.05, 4.69) is 10.3 Å². The number of pyridine rings is 1. The lowest BCUT2D eigenvalue weighted by Gasteiger charge is -2.15. The molecular weight excluding hydrogens is 407 g/mol. The summed E-state index contributed by atoms with van der Waals surface area (Å²) in [5.74, 6) is -0.216. The van der Waals surface area contributed by atoms with E-state index in [1.807, 2.05) is 0 Å². The molecule has 30 heavy (non-hydrogen) atoms. The van der Waals surface area contributed by atoms with Gasteiger partial charge in [0.1, 0.15) is 5.69 Å². The maximum absolute atomic E-state index is 13.6. The van der Waals surface area contributed by atoms with Crippen LogP contribution in [0.1, 0.15) is 16.2 Å². The number of hydrogen-bond donors (Lipinski definition) is 1. The van der Waals surface area contributed by atoms with Gasteiger partial charge in [-0.15, -0.1) is 0 Å². The van der Waals surface area contributed by atoms with Gasteiger partial charge >= 0.3 is 6.18 Å². The first-order valence-electron chi connectivity index (χ1n) is 8.48. The van der Waals surface area contributed by atoms with Crippen LogP contribution in [0.15, 0.2) is 30.5 Å². The van der Waals surface area contributed by atoms with Crippen LogP contribution >= 0.6 is 0 Å². The van der Waals surface area contributed by atoms with Crippen LogP contribution in [0.5, 0.6) is 23.0 Å². The van der Waals surface area contributed by atoms with Gasteiger partial charge in [-0.3, -0.25) is 9.20 Å². The molecule has 2 aromatic heterocycles. The number of nitrogens with zero attached hydrogens (tertiary/aromatic N) is 2. The number of carbonyl (C=O) groups excluding carboxylic acids is 1. The number of anilines is 1. The Bertz CT molecular complexity index is 1070. The van der Waals surface area contributed by atoms with E-state index < -0.39 is 23.5 Å². The van der Waals surface area contributed by atoms with Crippen molar-refractivity contribution in [2.75, 3.05) is 33.8 Å². The van der Waals surface area contributed by atoms with Crippen LogP contribution in [-0.2, 0) is 6.18 Å². The Morgan fingerprint density at radius 3 is 2.10 bits per heavy atom. The minimum Gasteiger partial charge on any atom is -0.493 e. The van der Waals surface area contributed by atoms with Gasteiger partial charge in [0.2, 0.25) is 5.75 Å². The molecule has 11 heteroatoms. The highest BCUT2D eigenvalue weighted by Crippen LogP contribution is 2.40. The summed E-state index contributed by atoms with van der Waals surface area (Å²) >= 11 is 0. The molecule has 0 atom stereocenters. The number of rotatable bonds is 6. The lowest BCUT2D eigenvalue weighted by molar-refractivity contribution is -0.141. The number of methoxy groups -OCH3 is 4. The van der Waals surface area contributed by atoms with Crippen LogP contribution in [0.4, 0.5) is 18.9 Å². The molecule has 0 saturated heterocycles. The van der Waals surface area contributed by atoms with Crippen LogP contribution < -0.4 is 24.3 Å². The molecule has 0 saturated carbocycles.